The highest BCUT2D eigenvalue weighted by molar-refractivity contribution is 7.18. The van der Waals surface area contributed by atoms with Crippen molar-refractivity contribution in [2.24, 2.45) is 0 Å². The number of rotatable bonds is 6. The molecule has 1 aromatic carbocycles. The highest BCUT2D eigenvalue weighted by atomic mass is 35.5. The fourth-order valence-corrected chi connectivity index (χ4v) is 4.23. The van der Waals surface area contributed by atoms with Gasteiger partial charge in [0.1, 0.15) is 11.1 Å². The van der Waals surface area contributed by atoms with Crippen LogP contribution in [0.3, 0.4) is 0 Å². The Hall–Kier alpha value is -2.33. The van der Waals surface area contributed by atoms with Gasteiger partial charge in [0.05, 0.1) is 10.4 Å². The standard InChI is InChI=1S/C20H19Cl2N3O2S/c1-4-25(5-2)20(27)18-12(3)14(11-23)19(28-18)24-17(26)10-9-13-15(21)7-6-8-16(13)22/h6-10H,4-5H2,1-3H3,(H,24,26)/b10-9+. The second kappa shape index (κ2) is 9.74. The van der Waals surface area contributed by atoms with Crippen LogP contribution in [0.15, 0.2) is 24.3 Å². The van der Waals surface area contributed by atoms with Gasteiger partial charge < -0.3 is 10.2 Å². The maximum atomic E-state index is 12.7. The number of benzene rings is 1. The predicted molar refractivity (Wildman–Crippen MR) is 115 cm³/mol. The minimum absolute atomic E-state index is 0.150. The lowest BCUT2D eigenvalue weighted by Gasteiger charge is -2.17. The van der Waals surface area contributed by atoms with E-state index >= 15 is 0 Å². The molecule has 2 amide bonds. The molecule has 8 heteroatoms. The van der Waals surface area contributed by atoms with Crippen LogP contribution in [-0.4, -0.2) is 29.8 Å². The minimum Gasteiger partial charge on any atom is -0.338 e. The molecule has 0 atom stereocenters. The molecule has 1 aromatic heterocycles. The summed E-state index contributed by atoms with van der Waals surface area (Å²) in [6.07, 6.45) is 2.80. The van der Waals surface area contributed by atoms with Gasteiger partial charge in [0.15, 0.2) is 0 Å². The monoisotopic (exact) mass is 435 g/mol. The number of nitrogens with zero attached hydrogens (tertiary/aromatic N) is 2. The third kappa shape index (κ3) is 4.74. The molecule has 0 saturated carbocycles. The molecular weight excluding hydrogens is 417 g/mol. The van der Waals surface area contributed by atoms with E-state index in [-0.39, 0.29) is 11.5 Å². The lowest BCUT2D eigenvalue weighted by molar-refractivity contribution is -0.111. The lowest BCUT2D eigenvalue weighted by Crippen LogP contribution is -2.30. The molecule has 0 fully saturated rings. The molecule has 0 radical (unpaired) electrons. The lowest BCUT2D eigenvalue weighted by atomic mass is 10.1. The molecular formula is C20H19Cl2N3O2S. The average Bonchev–Trinajstić information content (AvgIpc) is 2.97. The van der Waals surface area contributed by atoms with E-state index in [4.69, 9.17) is 23.2 Å². The second-order valence-corrected chi connectivity index (χ2v) is 7.64. The summed E-state index contributed by atoms with van der Waals surface area (Å²) in [5, 5.41) is 13.3. The molecule has 0 aliphatic carbocycles. The molecule has 146 valence electrons. The van der Waals surface area contributed by atoms with Crippen molar-refractivity contribution in [2.45, 2.75) is 20.8 Å². The Morgan fingerprint density at radius 2 is 1.86 bits per heavy atom. The van der Waals surface area contributed by atoms with Gasteiger partial charge in [-0.15, -0.1) is 11.3 Å². The van der Waals surface area contributed by atoms with Crippen molar-refractivity contribution < 1.29 is 9.59 Å². The van der Waals surface area contributed by atoms with Crippen molar-refractivity contribution in [3.63, 3.8) is 0 Å². The summed E-state index contributed by atoms with van der Waals surface area (Å²) in [6.45, 7) is 6.63. The number of hydrogen-bond donors (Lipinski definition) is 1. The van der Waals surface area contributed by atoms with Crippen LogP contribution in [0.25, 0.3) is 6.08 Å². The first-order valence-corrected chi connectivity index (χ1v) is 10.2. The summed E-state index contributed by atoms with van der Waals surface area (Å²) in [5.74, 6) is -0.599. The molecule has 1 heterocycles. The fourth-order valence-electron chi connectivity index (χ4n) is 2.58. The zero-order valence-corrected chi connectivity index (χ0v) is 18.0. The smallest absolute Gasteiger partial charge is 0.264 e. The number of amides is 2. The van der Waals surface area contributed by atoms with E-state index in [1.165, 1.54) is 12.2 Å². The largest absolute Gasteiger partial charge is 0.338 e. The second-order valence-electron chi connectivity index (χ2n) is 5.81. The van der Waals surface area contributed by atoms with Crippen molar-refractivity contribution >= 4 is 57.4 Å². The summed E-state index contributed by atoms with van der Waals surface area (Å²) in [7, 11) is 0. The van der Waals surface area contributed by atoms with Crippen LogP contribution in [-0.2, 0) is 4.79 Å². The fraction of sp³-hybridized carbons (Fsp3) is 0.250. The molecule has 2 aromatic rings. The molecule has 1 N–H and O–H groups in total. The maximum Gasteiger partial charge on any atom is 0.264 e. The van der Waals surface area contributed by atoms with Gasteiger partial charge in [-0.05, 0) is 44.5 Å². The van der Waals surface area contributed by atoms with Gasteiger partial charge in [-0.2, -0.15) is 5.26 Å². The van der Waals surface area contributed by atoms with E-state index in [2.05, 4.69) is 11.4 Å². The van der Waals surface area contributed by atoms with Crippen LogP contribution in [0.2, 0.25) is 10.0 Å². The number of anilines is 1. The van der Waals surface area contributed by atoms with Crippen molar-refractivity contribution in [3.05, 3.63) is 55.9 Å². The SMILES string of the molecule is CCN(CC)C(=O)c1sc(NC(=O)/C=C/c2c(Cl)cccc2Cl)c(C#N)c1C. The van der Waals surface area contributed by atoms with E-state index in [9.17, 15) is 14.9 Å². The maximum absolute atomic E-state index is 12.7. The van der Waals surface area contributed by atoms with Crippen LogP contribution >= 0.6 is 34.5 Å². The highest BCUT2D eigenvalue weighted by Crippen LogP contribution is 2.33. The number of thiophene rings is 1. The van der Waals surface area contributed by atoms with Gasteiger partial charge >= 0.3 is 0 Å². The van der Waals surface area contributed by atoms with Crippen LogP contribution in [0.4, 0.5) is 5.00 Å². The first-order chi connectivity index (χ1) is 13.3. The number of nitrogens with one attached hydrogen (secondary N) is 1. The Kier molecular flexibility index (Phi) is 7.64. The van der Waals surface area contributed by atoms with Gasteiger partial charge in [-0.3, -0.25) is 9.59 Å². The number of hydrogen-bond acceptors (Lipinski definition) is 4. The average molecular weight is 436 g/mol. The predicted octanol–water partition coefficient (Wildman–Crippen LogP) is 5.37. The number of nitriles is 1. The van der Waals surface area contributed by atoms with Crippen molar-refractivity contribution in [1.82, 2.24) is 4.90 Å². The summed E-state index contributed by atoms with van der Waals surface area (Å²) in [5.41, 5.74) is 1.39. The zero-order valence-electron chi connectivity index (χ0n) is 15.7. The van der Waals surface area contributed by atoms with Crippen LogP contribution in [0.5, 0.6) is 0 Å². The molecule has 5 nitrogen and oxygen atoms in total. The minimum atomic E-state index is -0.449. The van der Waals surface area contributed by atoms with Crippen LogP contribution in [0.1, 0.15) is 40.2 Å². The zero-order chi connectivity index (χ0) is 20.8. The first kappa shape index (κ1) is 22.0. The third-order valence-corrected chi connectivity index (χ3v) is 6.00. The van der Waals surface area contributed by atoms with Gasteiger partial charge in [-0.25, -0.2) is 0 Å². The van der Waals surface area contributed by atoms with Crippen molar-refractivity contribution in [2.75, 3.05) is 18.4 Å². The molecule has 0 bridgehead atoms. The Morgan fingerprint density at radius 3 is 2.39 bits per heavy atom. The van der Waals surface area contributed by atoms with E-state index in [1.54, 1.807) is 30.0 Å². The van der Waals surface area contributed by atoms with E-state index in [0.29, 0.717) is 44.1 Å². The summed E-state index contributed by atoms with van der Waals surface area (Å²) >= 11 is 13.3. The molecule has 0 saturated heterocycles. The quantitative estimate of drug-likeness (QED) is 0.619. The molecule has 0 aliphatic rings. The molecule has 28 heavy (non-hydrogen) atoms. The molecule has 2 rings (SSSR count). The number of carbonyl (C=O) groups excluding carboxylic acids is 2. The van der Waals surface area contributed by atoms with E-state index < -0.39 is 5.91 Å². The van der Waals surface area contributed by atoms with E-state index in [0.717, 1.165) is 11.3 Å². The summed E-state index contributed by atoms with van der Waals surface area (Å²) < 4.78 is 0. The van der Waals surface area contributed by atoms with Crippen LogP contribution in [0, 0.1) is 18.3 Å². The Morgan fingerprint density at radius 1 is 1.25 bits per heavy atom. The Labute approximate surface area is 178 Å². The van der Waals surface area contributed by atoms with Crippen molar-refractivity contribution in [1.29, 1.82) is 5.26 Å². The molecule has 0 unspecified atom stereocenters. The highest BCUT2D eigenvalue weighted by Gasteiger charge is 2.23. The number of carbonyl (C=O) groups is 2. The number of halogens is 2. The normalized spacial score (nSPS) is 10.7. The van der Waals surface area contributed by atoms with Crippen molar-refractivity contribution in [3.8, 4) is 6.07 Å². The molecule has 0 spiro atoms. The van der Waals surface area contributed by atoms with Gasteiger partial charge in [-0.1, -0.05) is 29.3 Å². The Balaban J connectivity index is 2.27. The summed E-state index contributed by atoms with van der Waals surface area (Å²) in [6, 6.07) is 7.13. The van der Waals surface area contributed by atoms with Gasteiger partial charge in [0.2, 0.25) is 5.91 Å². The van der Waals surface area contributed by atoms with Gasteiger partial charge in [0, 0.05) is 34.8 Å². The topological polar surface area (TPSA) is 73.2 Å². The molecule has 0 aliphatic heterocycles. The first-order valence-electron chi connectivity index (χ1n) is 8.59. The van der Waals surface area contributed by atoms with Gasteiger partial charge in [0.25, 0.3) is 5.91 Å². The van der Waals surface area contributed by atoms with E-state index in [1.807, 2.05) is 13.8 Å². The third-order valence-electron chi connectivity index (χ3n) is 4.14. The Bertz CT molecular complexity index is 952. The van der Waals surface area contributed by atoms with Crippen LogP contribution < -0.4 is 5.32 Å². The summed E-state index contributed by atoms with van der Waals surface area (Å²) in [4.78, 5) is 27.1.